The molecule has 0 atom stereocenters. The first-order chi connectivity index (χ1) is 6.74. The lowest BCUT2D eigenvalue weighted by Gasteiger charge is -2.02. The largest absolute Gasteiger partial charge is 0.352 e. The van der Waals surface area contributed by atoms with Gasteiger partial charge < -0.3 is 5.32 Å². The standard InChI is InChI=1S/C9H14ClN3O/c1-7-8(6-12-13-7)5-11-9(14)3-2-4-10/h6H,2-5H2,1H3,(H,11,14)(H,12,13). The number of nitrogens with one attached hydrogen (secondary N) is 2. The van der Waals surface area contributed by atoms with Gasteiger partial charge in [-0.15, -0.1) is 11.6 Å². The van der Waals surface area contributed by atoms with Crippen LogP contribution in [0.3, 0.4) is 0 Å². The summed E-state index contributed by atoms with van der Waals surface area (Å²) in [5, 5.41) is 9.48. The summed E-state index contributed by atoms with van der Waals surface area (Å²) in [6, 6.07) is 0. The van der Waals surface area contributed by atoms with Crippen LogP contribution in [-0.2, 0) is 11.3 Å². The van der Waals surface area contributed by atoms with E-state index in [9.17, 15) is 4.79 Å². The maximum atomic E-state index is 11.2. The molecule has 1 aromatic rings. The van der Waals surface area contributed by atoms with Crippen LogP contribution in [0.1, 0.15) is 24.1 Å². The van der Waals surface area contributed by atoms with E-state index in [0.717, 1.165) is 17.7 Å². The highest BCUT2D eigenvalue weighted by Crippen LogP contribution is 2.01. The maximum absolute atomic E-state index is 11.2. The van der Waals surface area contributed by atoms with Gasteiger partial charge in [0.1, 0.15) is 0 Å². The number of aryl methyl sites for hydroxylation is 1. The van der Waals surface area contributed by atoms with Crippen molar-refractivity contribution >= 4 is 17.5 Å². The van der Waals surface area contributed by atoms with Crippen LogP contribution in [0.5, 0.6) is 0 Å². The number of halogens is 1. The van der Waals surface area contributed by atoms with Gasteiger partial charge in [0.25, 0.3) is 0 Å². The lowest BCUT2D eigenvalue weighted by atomic mass is 10.2. The number of amides is 1. The van der Waals surface area contributed by atoms with E-state index < -0.39 is 0 Å². The molecule has 0 saturated carbocycles. The predicted molar refractivity (Wildman–Crippen MR) is 55.1 cm³/mol. The topological polar surface area (TPSA) is 57.8 Å². The van der Waals surface area contributed by atoms with E-state index in [1.54, 1.807) is 6.20 Å². The SMILES string of the molecule is Cc1[nH]ncc1CNC(=O)CCCCl. The highest BCUT2D eigenvalue weighted by Gasteiger charge is 2.03. The highest BCUT2D eigenvalue weighted by molar-refractivity contribution is 6.17. The molecule has 0 radical (unpaired) electrons. The molecule has 1 aromatic heterocycles. The molecular weight excluding hydrogens is 202 g/mol. The van der Waals surface area contributed by atoms with E-state index in [-0.39, 0.29) is 5.91 Å². The van der Waals surface area contributed by atoms with E-state index in [1.165, 1.54) is 0 Å². The smallest absolute Gasteiger partial charge is 0.220 e. The number of hydrogen-bond donors (Lipinski definition) is 2. The van der Waals surface area contributed by atoms with Crippen LogP contribution in [0.15, 0.2) is 6.20 Å². The fraction of sp³-hybridized carbons (Fsp3) is 0.556. The van der Waals surface area contributed by atoms with E-state index in [2.05, 4.69) is 15.5 Å². The number of aromatic amines is 1. The third kappa shape index (κ3) is 3.38. The Morgan fingerprint density at radius 3 is 3.07 bits per heavy atom. The zero-order valence-electron chi connectivity index (χ0n) is 8.14. The normalized spacial score (nSPS) is 10.1. The Hall–Kier alpha value is -1.03. The number of rotatable bonds is 5. The van der Waals surface area contributed by atoms with E-state index in [4.69, 9.17) is 11.6 Å². The molecule has 0 fully saturated rings. The second-order valence-corrected chi connectivity index (χ2v) is 3.47. The summed E-state index contributed by atoms with van der Waals surface area (Å²) >= 11 is 5.48. The molecule has 0 spiro atoms. The van der Waals surface area contributed by atoms with Gasteiger partial charge in [0, 0.05) is 30.1 Å². The van der Waals surface area contributed by atoms with Crippen molar-refractivity contribution in [1.29, 1.82) is 0 Å². The van der Waals surface area contributed by atoms with Crippen molar-refractivity contribution in [3.8, 4) is 0 Å². The first kappa shape index (κ1) is 11.0. The Balaban J connectivity index is 2.27. The molecule has 0 aliphatic heterocycles. The molecule has 1 amide bonds. The van der Waals surface area contributed by atoms with Crippen LogP contribution in [0.4, 0.5) is 0 Å². The number of carbonyl (C=O) groups is 1. The summed E-state index contributed by atoms with van der Waals surface area (Å²) in [4.78, 5) is 11.2. The van der Waals surface area contributed by atoms with E-state index >= 15 is 0 Å². The molecule has 5 heteroatoms. The minimum absolute atomic E-state index is 0.0336. The zero-order chi connectivity index (χ0) is 10.4. The Morgan fingerprint density at radius 2 is 2.50 bits per heavy atom. The summed E-state index contributed by atoms with van der Waals surface area (Å²) in [5.74, 6) is 0.560. The summed E-state index contributed by atoms with van der Waals surface area (Å²) in [5.41, 5.74) is 2.01. The zero-order valence-corrected chi connectivity index (χ0v) is 8.90. The van der Waals surface area contributed by atoms with Crippen molar-refractivity contribution < 1.29 is 4.79 Å². The van der Waals surface area contributed by atoms with Crippen LogP contribution in [-0.4, -0.2) is 22.0 Å². The second-order valence-electron chi connectivity index (χ2n) is 3.09. The molecular formula is C9H14ClN3O. The fourth-order valence-electron chi connectivity index (χ4n) is 1.06. The minimum Gasteiger partial charge on any atom is -0.352 e. The third-order valence-corrected chi connectivity index (χ3v) is 2.22. The van der Waals surface area contributed by atoms with E-state index in [1.807, 2.05) is 6.92 Å². The van der Waals surface area contributed by atoms with Crippen molar-refractivity contribution in [2.75, 3.05) is 5.88 Å². The first-order valence-corrected chi connectivity index (χ1v) is 5.09. The summed E-state index contributed by atoms with van der Waals surface area (Å²) in [7, 11) is 0. The van der Waals surface area contributed by atoms with Crippen LogP contribution < -0.4 is 5.32 Å². The number of hydrogen-bond acceptors (Lipinski definition) is 2. The quantitative estimate of drug-likeness (QED) is 0.729. The van der Waals surface area contributed by atoms with Gasteiger partial charge in [-0.3, -0.25) is 9.89 Å². The van der Waals surface area contributed by atoms with Crippen molar-refractivity contribution in [3.05, 3.63) is 17.5 Å². The van der Waals surface area contributed by atoms with Crippen molar-refractivity contribution in [3.63, 3.8) is 0 Å². The number of carbonyl (C=O) groups excluding carboxylic acids is 1. The number of H-pyrrole nitrogens is 1. The molecule has 0 bridgehead atoms. The fourth-order valence-corrected chi connectivity index (χ4v) is 1.20. The molecule has 0 aliphatic rings. The molecule has 1 rings (SSSR count). The number of nitrogens with zero attached hydrogens (tertiary/aromatic N) is 1. The Kier molecular flexibility index (Phi) is 4.46. The molecule has 0 aromatic carbocycles. The number of alkyl halides is 1. The second kappa shape index (κ2) is 5.65. The maximum Gasteiger partial charge on any atom is 0.220 e. The predicted octanol–water partition coefficient (Wildman–Crippen LogP) is 1.35. The van der Waals surface area contributed by atoms with Gasteiger partial charge in [0.15, 0.2) is 0 Å². The van der Waals surface area contributed by atoms with Crippen molar-refractivity contribution in [1.82, 2.24) is 15.5 Å². The Labute approximate surface area is 88.0 Å². The molecule has 0 unspecified atom stereocenters. The minimum atomic E-state index is 0.0336. The lowest BCUT2D eigenvalue weighted by molar-refractivity contribution is -0.121. The summed E-state index contributed by atoms with van der Waals surface area (Å²) < 4.78 is 0. The van der Waals surface area contributed by atoms with Gasteiger partial charge in [-0.2, -0.15) is 5.10 Å². The summed E-state index contributed by atoms with van der Waals surface area (Å²) in [6.07, 6.45) is 2.93. The van der Waals surface area contributed by atoms with Gasteiger partial charge in [-0.05, 0) is 13.3 Å². The molecule has 0 saturated heterocycles. The summed E-state index contributed by atoms with van der Waals surface area (Å²) in [6.45, 7) is 2.46. The third-order valence-electron chi connectivity index (χ3n) is 1.95. The van der Waals surface area contributed by atoms with Gasteiger partial charge in [-0.25, -0.2) is 0 Å². The molecule has 4 nitrogen and oxygen atoms in total. The Bertz CT molecular complexity index is 298. The molecule has 1 heterocycles. The average molecular weight is 216 g/mol. The van der Waals surface area contributed by atoms with Crippen LogP contribution in [0.2, 0.25) is 0 Å². The van der Waals surface area contributed by atoms with Gasteiger partial charge >= 0.3 is 0 Å². The monoisotopic (exact) mass is 215 g/mol. The van der Waals surface area contributed by atoms with Crippen molar-refractivity contribution in [2.24, 2.45) is 0 Å². The lowest BCUT2D eigenvalue weighted by Crippen LogP contribution is -2.22. The van der Waals surface area contributed by atoms with Crippen LogP contribution in [0, 0.1) is 6.92 Å². The molecule has 0 aliphatic carbocycles. The molecule has 2 N–H and O–H groups in total. The molecule has 78 valence electrons. The van der Waals surface area contributed by atoms with Gasteiger partial charge in [0.05, 0.1) is 6.20 Å². The van der Waals surface area contributed by atoms with Crippen LogP contribution >= 0.6 is 11.6 Å². The first-order valence-electron chi connectivity index (χ1n) is 4.55. The Morgan fingerprint density at radius 1 is 1.71 bits per heavy atom. The number of aromatic nitrogens is 2. The highest BCUT2D eigenvalue weighted by atomic mass is 35.5. The van der Waals surface area contributed by atoms with Crippen LogP contribution in [0.25, 0.3) is 0 Å². The van der Waals surface area contributed by atoms with Crippen molar-refractivity contribution in [2.45, 2.75) is 26.3 Å². The van der Waals surface area contributed by atoms with Gasteiger partial charge in [0.2, 0.25) is 5.91 Å². The van der Waals surface area contributed by atoms with Gasteiger partial charge in [-0.1, -0.05) is 0 Å². The average Bonchev–Trinajstić information content (AvgIpc) is 2.58. The van der Waals surface area contributed by atoms with E-state index in [0.29, 0.717) is 18.8 Å². The molecule has 14 heavy (non-hydrogen) atoms.